The second-order valence-electron chi connectivity index (χ2n) is 8.28. The molecular weight excluding hydrogens is 390 g/mol. The van der Waals surface area contributed by atoms with Gasteiger partial charge in [-0.25, -0.2) is 4.98 Å². The largest absolute Gasteiger partial charge is 0.346 e. The summed E-state index contributed by atoms with van der Waals surface area (Å²) in [6, 6.07) is 15.4. The van der Waals surface area contributed by atoms with E-state index in [-0.39, 0.29) is 24.1 Å². The van der Waals surface area contributed by atoms with E-state index in [0.717, 1.165) is 43.9 Å². The summed E-state index contributed by atoms with van der Waals surface area (Å²) < 4.78 is 1.38. The summed E-state index contributed by atoms with van der Waals surface area (Å²) in [4.78, 5) is 34.9. The Hall–Kier alpha value is -3.03. The third-order valence-electron chi connectivity index (χ3n) is 5.94. The van der Waals surface area contributed by atoms with Crippen molar-refractivity contribution in [3.63, 3.8) is 0 Å². The lowest BCUT2D eigenvalue weighted by Crippen LogP contribution is -2.48. The molecule has 0 spiro atoms. The number of amides is 1. The summed E-state index contributed by atoms with van der Waals surface area (Å²) in [5.41, 5.74) is 2.50. The number of fused-ring (bicyclic) bond motifs is 1. The molecule has 1 amide bonds. The van der Waals surface area contributed by atoms with E-state index < -0.39 is 0 Å². The molecule has 2 aromatic carbocycles. The lowest BCUT2D eigenvalue weighted by molar-refractivity contribution is -0.122. The first-order chi connectivity index (χ1) is 15.0. The lowest BCUT2D eigenvalue weighted by Gasteiger charge is -2.35. The zero-order chi connectivity index (χ0) is 21.8. The van der Waals surface area contributed by atoms with Gasteiger partial charge >= 0.3 is 0 Å². The molecule has 4 rings (SSSR count). The molecule has 0 aliphatic carbocycles. The topological polar surface area (TPSA) is 70.5 Å². The maximum absolute atomic E-state index is 12.9. The summed E-state index contributed by atoms with van der Waals surface area (Å²) in [5, 5.41) is 3.68. The Morgan fingerprint density at radius 1 is 1.06 bits per heavy atom. The summed E-state index contributed by atoms with van der Waals surface area (Å²) >= 11 is 0. The number of rotatable bonds is 6. The number of piperazine rings is 1. The summed E-state index contributed by atoms with van der Waals surface area (Å²) in [6.45, 7) is 6.61. The molecule has 1 aromatic heterocycles. The van der Waals surface area contributed by atoms with Crippen molar-refractivity contribution in [1.29, 1.82) is 0 Å². The van der Waals surface area contributed by atoms with Gasteiger partial charge < -0.3 is 10.2 Å². The fourth-order valence-electron chi connectivity index (χ4n) is 4.05. The van der Waals surface area contributed by atoms with Crippen LogP contribution in [-0.4, -0.2) is 65.0 Å². The van der Waals surface area contributed by atoms with Crippen LogP contribution in [0.2, 0.25) is 0 Å². The molecule has 1 fully saturated rings. The number of hydrogen-bond donors (Lipinski definition) is 1. The second-order valence-corrected chi connectivity index (χ2v) is 8.28. The molecule has 162 valence electrons. The van der Waals surface area contributed by atoms with Crippen LogP contribution in [0.1, 0.15) is 17.2 Å². The fourth-order valence-corrected chi connectivity index (χ4v) is 4.05. The predicted molar refractivity (Wildman–Crippen MR) is 122 cm³/mol. The van der Waals surface area contributed by atoms with Gasteiger partial charge in [0.25, 0.3) is 5.56 Å². The van der Waals surface area contributed by atoms with Crippen molar-refractivity contribution < 1.29 is 4.79 Å². The van der Waals surface area contributed by atoms with Crippen molar-refractivity contribution in [1.82, 2.24) is 24.7 Å². The molecule has 1 atom stereocenters. The predicted octanol–water partition coefficient (Wildman–Crippen LogP) is 1.81. The van der Waals surface area contributed by atoms with Crippen LogP contribution in [0.4, 0.5) is 0 Å². The van der Waals surface area contributed by atoms with Crippen LogP contribution in [0.15, 0.2) is 59.7 Å². The smallest absolute Gasteiger partial charge is 0.261 e. The number of likely N-dealkylation sites (N-methyl/N-ethyl adjacent to an activating group) is 1. The van der Waals surface area contributed by atoms with E-state index in [1.54, 1.807) is 6.07 Å². The minimum atomic E-state index is -0.195. The highest BCUT2D eigenvalue weighted by Gasteiger charge is 2.21. The van der Waals surface area contributed by atoms with Crippen LogP contribution in [0.5, 0.6) is 0 Å². The van der Waals surface area contributed by atoms with Crippen LogP contribution in [0.25, 0.3) is 10.9 Å². The van der Waals surface area contributed by atoms with Crippen LogP contribution < -0.4 is 10.9 Å². The maximum Gasteiger partial charge on any atom is 0.261 e. The van der Waals surface area contributed by atoms with E-state index in [1.165, 1.54) is 10.9 Å². The van der Waals surface area contributed by atoms with E-state index >= 15 is 0 Å². The Morgan fingerprint density at radius 2 is 1.81 bits per heavy atom. The Labute approximate surface area is 182 Å². The number of para-hydroxylation sites is 1. The quantitative estimate of drug-likeness (QED) is 0.660. The van der Waals surface area contributed by atoms with Crippen LogP contribution in [0.3, 0.4) is 0 Å². The van der Waals surface area contributed by atoms with Gasteiger partial charge in [-0.2, -0.15) is 0 Å². The summed E-state index contributed by atoms with van der Waals surface area (Å²) in [7, 11) is 2.13. The van der Waals surface area contributed by atoms with E-state index in [4.69, 9.17) is 0 Å². The van der Waals surface area contributed by atoms with E-state index in [0.29, 0.717) is 10.9 Å². The van der Waals surface area contributed by atoms with Crippen molar-refractivity contribution >= 4 is 16.8 Å². The summed E-state index contributed by atoms with van der Waals surface area (Å²) in [5.74, 6) is -0.195. The van der Waals surface area contributed by atoms with Gasteiger partial charge in [0.15, 0.2) is 0 Å². The Kier molecular flexibility index (Phi) is 6.44. The number of carbonyl (C=O) groups is 1. The first kappa shape index (κ1) is 21.2. The van der Waals surface area contributed by atoms with Crippen molar-refractivity contribution in [2.75, 3.05) is 39.8 Å². The molecule has 3 aromatic rings. The molecule has 1 unspecified atom stereocenters. The molecule has 1 aliphatic rings. The molecule has 0 bridgehead atoms. The third kappa shape index (κ3) is 5.00. The molecule has 1 N–H and O–H groups in total. The van der Waals surface area contributed by atoms with E-state index in [9.17, 15) is 9.59 Å². The number of nitrogens with zero attached hydrogens (tertiary/aromatic N) is 4. The number of hydrogen-bond acceptors (Lipinski definition) is 5. The molecular formula is C24H29N5O2. The molecule has 1 saturated heterocycles. The SMILES string of the molecule is Cc1cccc2c(=O)n(CC(=O)NC(CN3CCN(C)CC3)c3ccccc3)cnc12. The Morgan fingerprint density at radius 3 is 2.55 bits per heavy atom. The Balaban J connectivity index is 1.50. The monoisotopic (exact) mass is 419 g/mol. The minimum absolute atomic E-state index is 0.0538. The standard InChI is InChI=1S/C24H29N5O2/c1-18-7-6-10-20-23(18)25-17-29(24(20)31)16-22(30)26-21(19-8-4-3-5-9-19)15-28-13-11-27(2)12-14-28/h3-10,17,21H,11-16H2,1-2H3,(H,26,30). The molecule has 0 radical (unpaired) electrons. The molecule has 2 heterocycles. The molecule has 7 heteroatoms. The average Bonchev–Trinajstić information content (AvgIpc) is 2.78. The first-order valence-electron chi connectivity index (χ1n) is 10.7. The molecule has 1 aliphatic heterocycles. The number of carbonyl (C=O) groups excluding carboxylic acids is 1. The van der Waals surface area contributed by atoms with E-state index in [1.807, 2.05) is 49.4 Å². The highest BCUT2D eigenvalue weighted by Crippen LogP contribution is 2.16. The van der Waals surface area contributed by atoms with Gasteiger partial charge in [0.2, 0.25) is 5.91 Å². The number of aromatic nitrogens is 2. The zero-order valence-corrected chi connectivity index (χ0v) is 18.1. The Bertz CT molecular complexity index is 1100. The van der Waals surface area contributed by atoms with E-state index in [2.05, 4.69) is 27.1 Å². The van der Waals surface area contributed by atoms with Crippen LogP contribution in [-0.2, 0) is 11.3 Å². The van der Waals surface area contributed by atoms with Crippen molar-refractivity contribution in [2.24, 2.45) is 0 Å². The van der Waals surface area contributed by atoms with Gasteiger partial charge in [0, 0.05) is 32.7 Å². The van der Waals surface area contributed by atoms with Gasteiger partial charge in [-0.05, 0) is 31.2 Å². The zero-order valence-electron chi connectivity index (χ0n) is 18.1. The average molecular weight is 420 g/mol. The second kappa shape index (κ2) is 9.41. The first-order valence-corrected chi connectivity index (χ1v) is 10.7. The fraction of sp³-hybridized carbons (Fsp3) is 0.375. The van der Waals surface area contributed by atoms with Crippen molar-refractivity contribution in [2.45, 2.75) is 19.5 Å². The van der Waals surface area contributed by atoms with Crippen molar-refractivity contribution in [3.8, 4) is 0 Å². The van der Waals surface area contributed by atoms with Gasteiger partial charge in [0.1, 0.15) is 6.54 Å². The number of nitrogens with one attached hydrogen (secondary N) is 1. The maximum atomic E-state index is 12.9. The van der Waals surface area contributed by atoms with Gasteiger partial charge in [0.05, 0.1) is 23.3 Å². The minimum Gasteiger partial charge on any atom is -0.346 e. The summed E-state index contributed by atoms with van der Waals surface area (Å²) in [6.07, 6.45) is 1.47. The highest BCUT2D eigenvalue weighted by atomic mass is 16.2. The van der Waals surface area contributed by atoms with Crippen molar-refractivity contribution in [3.05, 3.63) is 76.3 Å². The molecule has 31 heavy (non-hydrogen) atoms. The van der Waals surface area contributed by atoms with Gasteiger partial charge in [-0.15, -0.1) is 0 Å². The van der Waals surface area contributed by atoms with Crippen LogP contribution >= 0.6 is 0 Å². The normalized spacial score (nSPS) is 16.3. The van der Waals surface area contributed by atoms with Gasteiger partial charge in [-0.1, -0.05) is 42.5 Å². The number of benzene rings is 2. The lowest BCUT2D eigenvalue weighted by atomic mass is 10.1. The molecule has 0 saturated carbocycles. The highest BCUT2D eigenvalue weighted by molar-refractivity contribution is 5.81. The molecule has 7 nitrogen and oxygen atoms in total. The third-order valence-corrected chi connectivity index (χ3v) is 5.94. The van der Waals surface area contributed by atoms with Gasteiger partial charge in [-0.3, -0.25) is 19.1 Å². The number of aryl methyl sites for hydroxylation is 1. The van der Waals surface area contributed by atoms with Crippen LogP contribution in [0, 0.1) is 6.92 Å².